The Labute approximate surface area is 169 Å². The fourth-order valence-corrected chi connectivity index (χ4v) is 4.57. The number of nitrogens with zero attached hydrogens (tertiary/aromatic N) is 2. The molecule has 0 unspecified atom stereocenters. The molecule has 0 aromatic heterocycles. The van der Waals surface area contributed by atoms with Crippen LogP contribution in [-0.4, -0.2) is 37.4 Å². The Bertz CT molecular complexity index is 1010. The summed E-state index contributed by atoms with van der Waals surface area (Å²) in [7, 11) is -3.63. The Morgan fingerprint density at radius 1 is 1.18 bits per heavy atom. The van der Waals surface area contributed by atoms with Crippen molar-refractivity contribution in [2.75, 3.05) is 18.4 Å². The number of carbonyl (C=O) groups excluding carboxylic acids is 1. The number of benzene rings is 2. The van der Waals surface area contributed by atoms with Crippen molar-refractivity contribution in [1.82, 2.24) is 9.62 Å². The summed E-state index contributed by atoms with van der Waals surface area (Å²) in [5.74, 6) is 0. The first-order valence-electron chi connectivity index (χ1n) is 8.50. The summed E-state index contributed by atoms with van der Waals surface area (Å²) < 4.78 is 26.4. The van der Waals surface area contributed by atoms with Gasteiger partial charge in [0.25, 0.3) is 5.54 Å². The van der Waals surface area contributed by atoms with Gasteiger partial charge in [-0.2, -0.15) is 4.31 Å². The molecule has 1 heterocycles. The molecule has 2 amide bonds. The fraction of sp³-hybridized carbons (Fsp3) is 0.263. The van der Waals surface area contributed by atoms with Crippen LogP contribution < -0.4 is 10.6 Å². The van der Waals surface area contributed by atoms with Gasteiger partial charge in [0, 0.05) is 24.2 Å². The van der Waals surface area contributed by atoms with Gasteiger partial charge in [-0.3, -0.25) is 0 Å². The number of nitrogens with one attached hydrogen (secondary N) is 2. The normalized spacial score (nSPS) is 15.9. The highest BCUT2D eigenvalue weighted by Gasteiger charge is 2.50. The summed E-state index contributed by atoms with van der Waals surface area (Å²) in [5.41, 5.74) is 0.737. The van der Waals surface area contributed by atoms with Crippen LogP contribution in [0.5, 0.6) is 0 Å². The van der Waals surface area contributed by atoms with Crippen LogP contribution in [0.4, 0.5) is 10.5 Å². The molecule has 2 aromatic carbocycles. The van der Waals surface area contributed by atoms with E-state index in [4.69, 9.17) is 18.2 Å². The zero-order chi connectivity index (χ0) is 20.4. The van der Waals surface area contributed by atoms with E-state index in [1.54, 1.807) is 19.1 Å². The minimum absolute atomic E-state index is 0.131. The van der Waals surface area contributed by atoms with Gasteiger partial charge in [0.05, 0.1) is 18.0 Å². The van der Waals surface area contributed by atoms with Crippen LogP contribution in [0, 0.1) is 6.57 Å². The summed E-state index contributed by atoms with van der Waals surface area (Å²) >= 11 is 5.82. The molecule has 0 spiro atoms. The van der Waals surface area contributed by atoms with Gasteiger partial charge < -0.3 is 15.5 Å². The van der Waals surface area contributed by atoms with Crippen molar-refractivity contribution in [2.45, 2.75) is 23.9 Å². The first kappa shape index (κ1) is 20.1. The van der Waals surface area contributed by atoms with Crippen LogP contribution in [0.15, 0.2) is 53.4 Å². The minimum atomic E-state index is -3.63. The van der Waals surface area contributed by atoms with Gasteiger partial charge in [0.15, 0.2) is 0 Å². The predicted octanol–water partition coefficient (Wildman–Crippen LogP) is 3.34. The second kappa shape index (κ2) is 7.80. The van der Waals surface area contributed by atoms with E-state index in [1.165, 1.54) is 28.6 Å². The molecule has 7 nitrogen and oxygen atoms in total. The molecule has 9 heteroatoms. The van der Waals surface area contributed by atoms with Gasteiger partial charge in [0.2, 0.25) is 10.0 Å². The Morgan fingerprint density at radius 2 is 1.79 bits per heavy atom. The molecule has 0 atom stereocenters. The predicted molar refractivity (Wildman–Crippen MR) is 108 cm³/mol. The smallest absolute Gasteiger partial charge is 0.319 e. The molecule has 3 rings (SSSR count). The molecule has 2 aromatic rings. The summed E-state index contributed by atoms with van der Waals surface area (Å²) in [6, 6.07) is 12.7. The van der Waals surface area contributed by atoms with E-state index < -0.39 is 21.6 Å². The Balaban J connectivity index is 1.56. The summed E-state index contributed by atoms with van der Waals surface area (Å²) in [6.07, 6.45) is 0. The highest BCUT2D eigenvalue weighted by atomic mass is 35.5. The third-order valence-corrected chi connectivity index (χ3v) is 6.48. The number of carbonyl (C=O) groups is 1. The molecule has 0 radical (unpaired) electrons. The van der Waals surface area contributed by atoms with E-state index in [9.17, 15) is 13.2 Å². The summed E-state index contributed by atoms with van der Waals surface area (Å²) in [4.78, 5) is 15.6. The summed E-state index contributed by atoms with van der Waals surface area (Å²) in [6.45, 7) is 9.55. The van der Waals surface area contributed by atoms with E-state index in [-0.39, 0.29) is 18.0 Å². The highest BCUT2D eigenvalue weighted by molar-refractivity contribution is 7.89. The van der Waals surface area contributed by atoms with Crippen LogP contribution >= 0.6 is 11.6 Å². The Morgan fingerprint density at radius 3 is 2.36 bits per heavy atom. The maximum atomic E-state index is 12.5. The van der Waals surface area contributed by atoms with E-state index in [2.05, 4.69) is 15.5 Å². The third-order valence-electron chi connectivity index (χ3n) is 4.42. The lowest BCUT2D eigenvalue weighted by atomic mass is 9.97. The standard InChI is InChI=1S/C19H19ClN4O3S/c1-19(21-2)12-24(13-19)28(26,27)17-9-7-16(8-10-17)23-18(25)22-11-14-3-5-15(20)6-4-14/h3-10H,11-13H2,1H3,(H2,22,23,25). The maximum absolute atomic E-state index is 12.5. The SMILES string of the molecule is [C-]#[N+]C1(C)CN(S(=O)(=O)c2ccc(NC(=O)NCc3ccc(Cl)cc3)cc2)C1. The molecule has 1 aliphatic rings. The molecule has 1 fully saturated rings. The van der Waals surface area contributed by atoms with Crippen molar-refractivity contribution in [3.05, 3.63) is 70.5 Å². The molecule has 2 N–H and O–H groups in total. The number of rotatable bonds is 5. The fourth-order valence-electron chi connectivity index (χ4n) is 2.77. The second-order valence-corrected chi connectivity index (χ2v) is 9.21. The molecule has 146 valence electrons. The van der Waals surface area contributed by atoms with Crippen molar-refractivity contribution in [3.8, 4) is 0 Å². The number of anilines is 1. The van der Waals surface area contributed by atoms with Crippen LogP contribution in [-0.2, 0) is 16.6 Å². The average molecular weight is 419 g/mol. The molecule has 28 heavy (non-hydrogen) atoms. The van der Waals surface area contributed by atoms with Crippen molar-refractivity contribution in [3.63, 3.8) is 0 Å². The van der Waals surface area contributed by atoms with Crippen molar-refractivity contribution >= 4 is 33.3 Å². The van der Waals surface area contributed by atoms with Crippen LogP contribution in [0.1, 0.15) is 12.5 Å². The van der Waals surface area contributed by atoms with Crippen LogP contribution in [0.25, 0.3) is 4.85 Å². The molecular weight excluding hydrogens is 400 g/mol. The number of sulfonamides is 1. The van der Waals surface area contributed by atoms with Gasteiger partial charge >= 0.3 is 6.03 Å². The zero-order valence-electron chi connectivity index (χ0n) is 15.1. The van der Waals surface area contributed by atoms with Crippen LogP contribution in [0.3, 0.4) is 0 Å². The first-order chi connectivity index (χ1) is 13.2. The lowest BCUT2D eigenvalue weighted by Crippen LogP contribution is -2.59. The van der Waals surface area contributed by atoms with E-state index >= 15 is 0 Å². The van der Waals surface area contributed by atoms with Gasteiger partial charge in [-0.05, 0) is 42.0 Å². The van der Waals surface area contributed by atoms with Crippen molar-refractivity contribution < 1.29 is 13.2 Å². The minimum Gasteiger partial charge on any atom is -0.334 e. The zero-order valence-corrected chi connectivity index (χ0v) is 16.7. The van der Waals surface area contributed by atoms with E-state index in [0.29, 0.717) is 17.3 Å². The number of hydrogen-bond donors (Lipinski definition) is 2. The lowest BCUT2D eigenvalue weighted by Gasteiger charge is -2.37. The number of halogens is 1. The van der Waals surface area contributed by atoms with E-state index in [0.717, 1.165) is 5.56 Å². The molecule has 0 bridgehead atoms. The van der Waals surface area contributed by atoms with Crippen molar-refractivity contribution in [1.29, 1.82) is 0 Å². The largest absolute Gasteiger partial charge is 0.334 e. The van der Waals surface area contributed by atoms with Crippen molar-refractivity contribution in [2.24, 2.45) is 0 Å². The van der Waals surface area contributed by atoms with Gasteiger partial charge in [-0.25, -0.2) is 19.8 Å². The monoisotopic (exact) mass is 418 g/mol. The first-order valence-corrected chi connectivity index (χ1v) is 10.3. The number of urea groups is 1. The highest BCUT2D eigenvalue weighted by Crippen LogP contribution is 2.31. The third kappa shape index (κ3) is 4.44. The lowest BCUT2D eigenvalue weighted by molar-refractivity contribution is 0.211. The second-order valence-electron chi connectivity index (χ2n) is 6.84. The van der Waals surface area contributed by atoms with Crippen LogP contribution in [0.2, 0.25) is 5.02 Å². The number of hydrogen-bond acceptors (Lipinski definition) is 3. The maximum Gasteiger partial charge on any atom is 0.319 e. The van der Waals surface area contributed by atoms with Gasteiger partial charge in [0.1, 0.15) is 0 Å². The molecule has 1 aliphatic heterocycles. The topological polar surface area (TPSA) is 82.9 Å². The molecule has 1 saturated heterocycles. The Hall–Kier alpha value is -2.60. The van der Waals surface area contributed by atoms with Gasteiger partial charge in [-0.15, -0.1) is 0 Å². The summed E-state index contributed by atoms with van der Waals surface area (Å²) in [5, 5.41) is 6.00. The quantitative estimate of drug-likeness (QED) is 0.730. The molecule has 0 aliphatic carbocycles. The molecule has 0 saturated carbocycles. The van der Waals surface area contributed by atoms with E-state index in [1.807, 2.05) is 12.1 Å². The Kier molecular flexibility index (Phi) is 5.61. The number of amides is 2. The average Bonchev–Trinajstić information content (AvgIpc) is 2.65. The molecular formula is C19H19ClN4O3S. The van der Waals surface area contributed by atoms with Gasteiger partial charge in [-0.1, -0.05) is 23.7 Å².